The number of nitrogens with two attached hydrogens (primary N) is 1. The summed E-state index contributed by atoms with van der Waals surface area (Å²) >= 11 is 0. The van der Waals surface area contributed by atoms with Crippen molar-refractivity contribution in [1.29, 1.82) is 0 Å². The van der Waals surface area contributed by atoms with E-state index in [9.17, 15) is 0 Å². The molecule has 1 saturated heterocycles. The van der Waals surface area contributed by atoms with Crippen LogP contribution in [0.15, 0.2) is 0 Å². The normalized spacial score (nSPS) is 38.4. The largest absolute Gasteiger partial charge is 0.377 e. The van der Waals surface area contributed by atoms with Crippen molar-refractivity contribution in [3.8, 4) is 0 Å². The topological polar surface area (TPSA) is 44.5 Å². The lowest BCUT2D eigenvalue weighted by atomic mass is 9.99. The van der Waals surface area contributed by atoms with Gasteiger partial charge in [0.1, 0.15) is 6.10 Å². The van der Waals surface area contributed by atoms with Gasteiger partial charge < -0.3 is 15.2 Å². The summed E-state index contributed by atoms with van der Waals surface area (Å²) in [5.41, 5.74) is 5.50. The Kier molecular flexibility index (Phi) is 1.99. The second-order valence-corrected chi connectivity index (χ2v) is 3.23. The molecule has 0 bridgehead atoms. The number of rotatable bonds is 1. The second-order valence-electron chi connectivity index (χ2n) is 3.23. The van der Waals surface area contributed by atoms with E-state index in [0.717, 1.165) is 0 Å². The molecule has 0 spiro atoms. The van der Waals surface area contributed by atoms with Crippen molar-refractivity contribution < 1.29 is 9.47 Å². The highest BCUT2D eigenvalue weighted by Crippen LogP contribution is 2.26. The van der Waals surface area contributed by atoms with Crippen LogP contribution in [-0.2, 0) is 9.47 Å². The van der Waals surface area contributed by atoms with E-state index >= 15 is 0 Å². The van der Waals surface area contributed by atoms with Crippen molar-refractivity contribution in [2.24, 2.45) is 5.73 Å². The first kappa shape index (κ1) is 7.98. The van der Waals surface area contributed by atoms with Gasteiger partial charge in [0.2, 0.25) is 0 Å². The van der Waals surface area contributed by atoms with Crippen LogP contribution < -0.4 is 5.73 Å². The molecule has 3 nitrogen and oxygen atoms in total. The Bertz CT molecular complexity index is 125. The number of ether oxygens (including phenoxy) is 2. The van der Waals surface area contributed by atoms with Gasteiger partial charge in [0.25, 0.3) is 0 Å². The maximum absolute atomic E-state index is 5.72. The van der Waals surface area contributed by atoms with Gasteiger partial charge in [-0.15, -0.1) is 0 Å². The average Bonchev–Trinajstić information content (AvgIpc) is 2.07. The molecular weight excluding hydrogens is 130 g/mol. The molecule has 0 aromatic heterocycles. The predicted octanol–water partition coefficient (Wildman–Crippen LogP) is 0.137. The lowest BCUT2D eigenvalue weighted by Gasteiger charge is -2.25. The molecule has 0 radical (unpaired) electrons. The summed E-state index contributed by atoms with van der Waals surface area (Å²) in [5, 5.41) is 0. The van der Waals surface area contributed by atoms with E-state index in [-0.39, 0.29) is 17.7 Å². The molecule has 0 aromatic rings. The average molecular weight is 145 g/mol. The molecule has 0 amide bonds. The molecule has 2 N–H and O–H groups in total. The molecule has 0 aromatic carbocycles. The highest BCUT2D eigenvalue weighted by Gasteiger charge is 2.41. The van der Waals surface area contributed by atoms with Crippen LogP contribution in [0.2, 0.25) is 0 Å². The van der Waals surface area contributed by atoms with E-state index in [2.05, 4.69) is 0 Å². The zero-order valence-electron chi connectivity index (χ0n) is 6.76. The van der Waals surface area contributed by atoms with Gasteiger partial charge in [0.05, 0.1) is 18.2 Å². The Morgan fingerprint density at radius 3 is 2.40 bits per heavy atom. The van der Waals surface area contributed by atoms with Crippen LogP contribution >= 0.6 is 0 Å². The van der Waals surface area contributed by atoms with Gasteiger partial charge >= 0.3 is 0 Å². The molecule has 60 valence electrons. The van der Waals surface area contributed by atoms with Gasteiger partial charge in [-0.3, -0.25) is 0 Å². The maximum Gasteiger partial charge on any atom is 0.103 e. The number of methoxy groups -OCH3 is 1. The SMILES string of the molecule is CO[C@@H]1[C@@H](N)COC1(C)C. The van der Waals surface area contributed by atoms with Crippen molar-refractivity contribution in [3.63, 3.8) is 0 Å². The molecule has 0 saturated carbocycles. The summed E-state index contributed by atoms with van der Waals surface area (Å²) in [6, 6.07) is 0.0278. The van der Waals surface area contributed by atoms with Crippen LogP contribution in [0, 0.1) is 0 Å². The Morgan fingerprint density at radius 2 is 2.20 bits per heavy atom. The molecule has 1 fully saturated rings. The third-order valence-corrected chi connectivity index (χ3v) is 1.98. The fourth-order valence-electron chi connectivity index (χ4n) is 1.45. The zero-order valence-corrected chi connectivity index (χ0v) is 6.76. The lowest BCUT2D eigenvalue weighted by molar-refractivity contribution is -0.0477. The number of hydrogen-bond donors (Lipinski definition) is 1. The van der Waals surface area contributed by atoms with Crippen LogP contribution in [0.1, 0.15) is 13.8 Å². The molecule has 0 unspecified atom stereocenters. The molecule has 2 atom stereocenters. The van der Waals surface area contributed by atoms with Crippen LogP contribution in [0.25, 0.3) is 0 Å². The van der Waals surface area contributed by atoms with Gasteiger partial charge in [-0.2, -0.15) is 0 Å². The molecular formula is C7H15NO2. The summed E-state index contributed by atoms with van der Waals surface area (Å²) in [6.07, 6.45) is 0.0347. The standard InChI is InChI=1S/C7H15NO2/c1-7(2)6(9-3)5(8)4-10-7/h5-6H,4,8H2,1-3H3/t5-,6+/m0/s1. The zero-order chi connectivity index (χ0) is 7.78. The molecule has 1 heterocycles. The Labute approximate surface area is 61.5 Å². The highest BCUT2D eigenvalue weighted by molar-refractivity contribution is 4.94. The number of hydrogen-bond acceptors (Lipinski definition) is 3. The Hall–Kier alpha value is -0.120. The highest BCUT2D eigenvalue weighted by atomic mass is 16.6. The van der Waals surface area contributed by atoms with E-state index in [1.807, 2.05) is 13.8 Å². The van der Waals surface area contributed by atoms with Gasteiger partial charge in [-0.05, 0) is 13.8 Å². The first-order valence-electron chi connectivity index (χ1n) is 3.50. The second kappa shape index (κ2) is 2.49. The lowest BCUT2D eigenvalue weighted by Crippen LogP contribution is -2.43. The Morgan fingerprint density at radius 1 is 1.60 bits per heavy atom. The molecule has 10 heavy (non-hydrogen) atoms. The van der Waals surface area contributed by atoms with Gasteiger partial charge in [-0.25, -0.2) is 0 Å². The summed E-state index contributed by atoms with van der Waals surface area (Å²) in [4.78, 5) is 0. The van der Waals surface area contributed by atoms with Crippen molar-refractivity contribution >= 4 is 0 Å². The molecule has 3 heteroatoms. The predicted molar refractivity (Wildman–Crippen MR) is 38.8 cm³/mol. The molecule has 1 aliphatic heterocycles. The minimum absolute atomic E-state index is 0.0278. The first-order valence-corrected chi connectivity index (χ1v) is 3.50. The van der Waals surface area contributed by atoms with Gasteiger partial charge in [0, 0.05) is 7.11 Å². The molecule has 0 aliphatic carbocycles. The van der Waals surface area contributed by atoms with Gasteiger partial charge in [-0.1, -0.05) is 0 Å². The van der Waals surface area contributed by atoms with Crippen LogP contribution in [0.3, 0.4) is 0 Å². The molecule has 1 aliphatic rings. The van der Waals surface area contributed by atoms with Crippen LogP contribution in [0.4, 0.5) is 0 Å². The summed E-state index contributed by atoms with van der Waals surface area (Å²) in [5.74, 6) is 0. The Balaban J connectivity index is 2.63. The maximum atomic E-state index is 5.72. The van der Waals surface area contributed by atoms with E-state index in [4.69, 9.17) is 15.2 Å². The smallest absolute Gasteiger partial charge is 0.103 e. The summed E-state index contributed by atoms with van der Waals surface area (Å²) < 4.78 is 10.6. The van der Waals surface area contributed by atoms with Crippen molar-refractivity contribution in [3.05, 3.63) is 0 Å². The van der Waals surface area contributed by atoms with Crippen molar-refractivity contribution in [2.45, 2.75) is 31.6 Å². The minimum Gasteiger partial charge on any atom is -0.377 e. The first-order chi connectivity index (χ1) is 4.58. The van der Waals surface area contributed by atoms with E-state index in [0.29, 0.717) is 6.61 Å². The fourth-order valence-corrected chi connectivity index (χ4v) is 1.45. The minimum atomic E-state index is -0.214. The fraction of sp³-hybridized carbons (Fsp3) is 1.00. The third-order valence-electron chi connectivity index (χ3n) is 1.98. The molecule has 1 rings (SSSR count). The van der Waals surface area contributed by atoms with Gasteiger partial charge in [0.15, 0.2) is 0 Å². The van der Waals surface area contributed by atoms with E-state index in [1.165, 1.54) is 0 Å². The van der Waals surface area contributed by atoms with E-state index in [1.54, 1.807) is 7.11 Å². The monoisotopic (exact) mass is 145 g/mol. The summed E-state index contributed by atoms with van der Waals surface area (Å²) in [7, 11) is 1.67. The van der Waals surface area contributed by atoms with Crippen LogP contribution in [0.5, 0.6) is 0 Å². The third kappa shape index (κ3) is 1.17. The van der Waals surface area contributed by atoms with Crippen molar-refractivity contribution in [2.75, 3.05) is 13.7 Å². The van der Waals surface area contributed by atoms with Crippen LogP contribution in [-0.4, -0.2) is 31.5 Å². The quantitative estimate of drug-likeness (QED) is 0.570. The van der Waals surface area contributed by atoms with E-state index < -0.39 is 0 Å². The summed E-state index contributed by atoms with van der Waals surface area (Å²) in [6.45, 7) is 4.59. The van der Waals surface area contributed by atoms with Crippen molar-refractivity contribution in [1.82, 2.24) is 0 Å².